The molecule has 0 aromatic carbocycles. The van der Waals surface area contributed by atoms with Crippen LogP contribution >= 0.6 is 0 Å². The normalized spacial score (nSPS) is 35.3. The van der Waals surface area contributed by atoms with Crippen LogP contribution in [0, 0.1) is 0 Å². The van der Waals surface area contributed by atoms with Crippen LogP contribution in [-0.4, -0.2) is 41.1 Å². The fraction of sp³-hybridized carbons (Fsp3) is 0.833. The Morgan fingerprint density at radius 3 is 2.42 bits per heavy atom. The van der Waals surface area contributed by atoms with Gasteiger partial charge in [0.25, 0.3) is 0 Å². The van der Waals surface area contributed by atoms with E-state index < -0.39 is 24.3 Å². The van der Waals surface area contributed by atoms with E-state index in [0.717, 1.165) is 0 Å². The zero-order chi connectivity index (χ0) is 8.43. The largest absolute Gasteiger partial charge is 1.00 e. The standard InChI is InChI=1S/C6H10O5.Na/c7-3-1-5(6(9)10)11-2-4(3)8;/h3-5,7-8H,1-2H2,(H,9,10);/q;+1/p-1/t3-,4?,5?;/m0./s1. The first kappa shape index (κ1) is 12.3. The first-order valence-electron chi connectivity index (χ1n) is 3.30. The van der Waals surface area contributed by atoms with Crippen molar-refractivity contribution >= 4 is 5.97 Å². The summed E-state index contributed by atoms with van der Waals surface area (Å²) in [6.45, 7) is -0.153. The number of ether oxygens (including phenoxy) is 1. The molecule has 1 saturated heterocycles. The molecular formula is C6H9NaO5. The molecule has 0 aromatic rings. The van der Waals surface area contributed by atoms with E-state index in [-0.39, 0.29) is 42.6 Å². The molecule has 1 rings (SSSR count). The van der Waals surface area contributed by atoms with Gasteiger partial charge in [-0.1, -0.05) is 0 Å². The maximum atomic E-state index is 10.2. The second-order valence-corrected chi connectivity index (χ2v) is 2.51. The summed E-state index contributed by atoms with van der Waals surface area (Å²) in [4.78, 5) is 10.2. The van der Waals surface area contributed by atoms with Gasteiger partial charge in [-0.25, -0.2) is 0 Å². The van der Waals surface area contributed by atoms with Crippen molar-refractivity contribution in [1.29, 1.82) is 0 Å². The Bertz CT molecular complexity index is 162. The molecule has 0 amide bonds. The van der Waals surface area contributed by atoms with E-state index in [1.807, 2.05) is 0 Å². The molecule has 6 heteroatoms. The number of carbonyl (C=O) groups excluding carboxylic acids is 1. The molecule has 1 aliphatic heterocycles. The number of carboxylic acid groups (broad SMARTS) is 1. The van der Waals surface area contributed by atoms with E-state index in [0.29, 0.717) is 0 Å². The van der Waals surface area contributed by atoms with Gasteiger partial charge in [-0.05, 0) is 0 Å². The predicted molar refractivity (Wildman–Crippen MR) is 31.4 cm³/mol. The van der Waals surface area contributed by atoms with Gasteiger partial charge in [0.1, 0.15) is 6.10 Å². The van der Waals surface area contributed by atoms with Crippen molar-refractivity contribution in [3.63, 3.8) is 0 Å². The molecule has 0 aliphatic carbocycles. The van der Waals surface area contributed by atoms with Crippen molar-refractivity contribution in [3.8, 4) is 0 Å². The summed E-state index contributed by atoms with van der Waals surface area (Å²) in [5, 5.41) is 28.0. The third-order valence-electron chi connectivity index (χ3n) is 1.63. The summed E-state index contributed by atoms with van der Waals surface area (Å²) >= 11 is 0. The van der Waals surface area contributed by atoms with Crippen molar-refractivity contribution in [3.05, 3.63) is 0 Å². The molecule has 0 radical (unpaired) electrons. The van der Waals surface area contributed by atoms with Crippen LogP contribution in [0.5, 0.6) is 0 Å². The first-order chi connectivity index (χ1) is 5.11. The van der Waals surface area contributed by atoms with Gasteiger partial charge in [0.05, 0.1) is 24.8 Å². The zero-order valence-corrected chi connectivity index (χ0v) is 8.77. The van der Waals surface area contributed by atoms with Gasteiger partial charge in [0.2, 0.25) is 0 Å². The Kier molecular flexibility index (Phi) is 5.31. The van der Waals surface area contributed by atoms with Crippen LogP contribution in [-0.2, 0) is 9.53 Å². The van der Waals surface area contributed by atoms with E-state index in [1.165, 1.54) is 0 Å². The van der Waals surface area contributed by atoms with Crippen LogP contribution < -0.4 is 34.7 Å². The number of rotatable bonds is 1. The summed E-state index contributed by atoms with van der Waals surface area (Å²) in [6, 6.07) is 0. The van der Waals surface area contributed by atoms with Crippen molar-refractivity contribution in [2.45, 2.75) is 24.7 Å². The van der Waals surface area contributed by atoms with Crippen LogP contribution in [0.25, 0.3) is 0 Å². The van der Waals surface area contributed by atoms with Crippen molar-refractivity contribution in [2.24, 2.45) is 0 Å². The average Bonchev–Trinajstić information content (AvgIpc) is 1.94. The summed E-state index contributed by atoms with van der Waals surface area (Å²) in [7, 11) is 0. The predicted octanol–water partition coefficient (Wildman–Crippen LogP) is -5.75. The molecule has 12 heavy (non-hydrogen) atoms. The monoisotopic (exact) mass is 184 g/mol. The van der Waals surface area contributed by atoms with Crippen LogP contribution in [0.15, 0.2) is 0 Å². The first-order valence-corrected chi connectivity index (χ1v) is 3.30. The molecule has 0 saturated carbocycles. The zero-order valence-electron chi connectivity index (χ0n) is 6.77. The van der Waals surface area contributed by atoms with Crippen LogP contribution in [0.2, 0.25) is 0 Å². The number of carboxylic acids is 1. The van der Waals surface area contributed by atoms with Crippen molar-refractivity contribution in [1.82, 2.24) is 0 Å². The van der Waals surface area contributed by atoms with Gasteiger partial charge < -0.3 is 24.9 Å². The molecular weight excluding hydrogens is 175 g/mol. The summed E-state index contributed by atoms with van der Waals surface area (Å²) in [6.07, 6.45) is -3.20. The summed E-state index contributed by atoms with van der Waals surface area (Å²) in [5.74, 6) is -1.35. The summed E-state index contributed by atoms with van der Waals surface area (Å²) in [5.41, 5.74) is 0. The Morgan fingerprint density at radius 2 is 2.00 bits per heavy atom. The van der Waals surface area contributed by atoms with E-state index in [4.69, 9.17) is 10.2 Å². The smallest absolute Gasteiger partial charge is 0.547 e. The number of hydrogen-bond donors (Lipinski definition) is 2. The van der Waals surface area contributed by atoms with Gasteiger partial charge in [-0.2, -0.15) is 0 Å². The topological polar surface area (TPSA) is 89.8 Å². The van der Waals surface area contributed by atoms with E-state index in [1.54, 1.807) is 0 Å². The molecule has 5 nitrogen and oxygen atoms in total. The number of aliphatic hydroxyl groups is 2. The van der Waals surface area contributed by atoms with Gasteiger partial charge in [0, 0.05) is 6.42 Å². The van der Waals surface area contributed by atoms with Gasteiger partial charge in [-0.15, -0.1) is 0 Å². The molecule has 1 heterocycles. The van der Waals surface area contributed by atoms with Crippen LogP contribution in [0.4, 0.5) is 0 Å². The SMILES string of the molecule is O=C([O-])C1C[C@H](O)C(O)CO1.[Na+]. The quantitative estimate of drug-likeness (QED) is 0.396. The average molecular weight is 184 g/mol. The Morgan fingerprint density at radius 1 is 1.42 bits per heavy atom. The number of aliphatic hydroxyl groups excluding tert-OH is 2. The van der Waals surface area contributed by atoms with E-state index in [2.05, 4.69) is 4.74 Å². The van der Waals surface area contributed by atoms with Crippen molar-refractivity contribution in [2.75, 3.05) is 6.61 Å². The minimum atomic E-state index is -1.35. The molecule has 2 N–H and O–H groups in total. The minimum absolute atomic E-state index is 0. The second-order valence-electron chi connectivity index (χ2n) is 2.51. The third-order valence-corrected chi connectivity index (χ3v) is 1.63. The van der Waals surface area contributed by atoms with Gasteiger partial charge in [-0.3, -0.25) is 0 Å². The van der Waals surface area contributed by atoms with Gasteiger partial charge >= 0.3 is 29.6 Å². The Labute approximate surface area is 91.6 Å². The third kappa shape index (κ3) is 3.01. The van der Waals surface area contributed by atoms with E-state index in [9.17, 15) is 9.90 Å². The second kappa shape index (κ2) is 5.16. The molecule has 2 unspecified atom stereocenters. The Hall–Kier alpha value is 0.350. The summed E-state index contributed by atoms with van der Waals surface area (Å²) < 4.78 is 4.65. The minimum Gasteiger partial charge on any atom is -0.547 e. The maximum Gasteiger partial charge on any atom is 1.00 e. The molecule has 0 aromatic heterocycles. The molecule has 3 atom stereocenters. The number of carbonyl (C=O) groups is 1. The van der Waals surface area contributed by atoms with Crippen molar-refractivity contribution < 1.29 is 54.4 Å². The number of aliphatic carboxylic acids is 1. The molecule has 0 bridgehead atoms. The van der Waals surface area contributed by atoms with E-state index >= 15 is 0 Å². The maximum absolute atomic E-state index is 10.2. The number of hydrogen-bond acceptors (Lipinski definition) is 5. The Balaban J connectivity index is 0.00000121. The van der Waals surface area contributed by atoms with Crippen LogP contribution in [0.3, 0.4) is 0 Å². The molecule has 1 aliphatic rings. The molecule has 64 valence electrons. The fourth-order valence-electron chi connectivity index (χ4n) is 0.935. The van der Waals surface area contributed by atoms with Gasteiger partial charge in [0.15, 0.2) is 0 Å². The molecule has 0 spiro atoms. The molecule has 1 fully saturated rings. The fourth-order valence-corrected chi connectivity index (χ4v) is 0.935. The van der Waals surface area contributed by atoms with Crippen LogP contribution in [0.1, 0.15) is 6.42 Å².